The van der Waals surface area contributed by atoms with Crippen molar-refractivity contribution in [3.63, 3.8) is 0 Å². The maximum Gasteiger partial charge on any atom is 0.338 e. The van der Waals surface area contributed by atoms with E-state index in [2.05, 4.69) is 0 Å². The fraction of sp³-hybridized carbons (Fsp3) is 0.261. The maximum atomic E-state index is 12.8. The van der Waals surface area contributed by atoms with E-state index in [1.807, 2.05) is 30.3 Å². The van der Waals surface area contributed by atoms with Crippen molar-refractivity contribution in [2.24, 2.45) is 0 Å². The summed E-state index contributed by atoms with van der Waals surface area (Å²) in [4.78, 5) is 28.7. The minimum Gasteiger partial charge on any atom is -0.454 e. The van der Waals surface area contributed by atoms with Gasteiger partial charge in [-0.2, -0.15) is 5.26 Å². The topological polar surface area (TPSA) is 111 Å². The van der Waals surface area contributed by atoms with Crippen molar-refractivity contribution >= 4 is 38.8 Å². The van der Waals surface area contributed by atoms with Crippen LogP contribution in [0, 0.1) is 11.3 Å². The molecule has 10 heteroatoms. The maximum absolute atomic E-state index is 12.8. The monoisotopic (exact) mass is 466 g/mol. The van der Waals surface area contributed by atoms with Crippen molar-refractivity contribution in [1.29, 1.82) is 5.26 Å². The molecule has 2 aromatic rings. The predicted octanol–water partition coefficient (Wildman–Crippen LogP) is 2.27. The number of hydrogen-bond acceptors (Lipinski definition) is 8. The summed E-state index contributed by atoms with van der Waals surface area (Å²) in [6.45, 7) is -0.190. The molecule has 0 atom stereocenters. The van der Waals surface area contributed by atoms with Crippen molar-refractivity contribution in [1.82, 2.24) is 0 Å². The molecule has 170 valence electrons. The Balaban J connectivity index is 1.46. The summed E-state index contributed by atoms with van der Waals surface area (Å²) in [5.41, 5.74) is 2.25. The number of carbonyl (C=O) groups is 2. The van der Waals surface area contributed by atoms with Crippen molar-refractivity contribution < 1.29 is 22.7 Å². The van der Waals surface area contributed by atoms with E-state index in [-0.39, 0.29) is 16.9 Å². The summed E-state index contributed by atoms with van der Waals surface area (Å²) in [6, 6.07) is 15.4. The Morgan fingerprint density at radius 1 is 1.03 bits per heavy atom. The zero-order valence-corrected chi connectivity index (χ0v) is 19.0. The van der Waals surface area contributed by atoms with Crippen LogP contribution in [-0.2, 0) is 19.6 Å². The lowest BCUT2D eigenvalue weighted by atomic mass is 10.1. The molecule has 2 aliphatic rings. The number of sulfonamides is 1. The van der Waals surface area contributed by atoms with Gasteiger partial charge in [0, 0.05) is 20.6 Å². The summed E-state index contributed by atoms with van der Waals surface area (Å²) in [5, 5.41) is 9.65. The van der Waals surface area contributed by atoms with Gasteiger partial charge in [0.2, 0.25) is 15.8 Å². The zero-order valence-electron chi connectivity index (χ0n) is 18.2. The smallest absolute Gasteiger partial charge is 0.338 e. The molecule has 9 nitrogen and oxygen atoms in total. The van der Waals surface area contributed by atoms with Gasteiger partial charge in [0.05, 0.1) is 28.4 Å². The van der Waals surface area contributed by atoms with Gasteiger partial charge in [-0.3, -0.25) is 9.10 Å². The van der Waals surface area contributed by atoms with E-state index in [1.165, 1.54) is 28.6 Å². The first-order chi connectivity index (χ1) is 15.7. The van der Waals surface area contributed by atoms with Gasteiger partial charge < -0.3 is 14.5 Å². The fourth-order valence-electron chi connectivity index (χ4n) is 4.04. The molecule has 0 saturated carbocycles. The normalized spacial score (nSPS) is 16.4. The van der Waals surface area contributed by atoms with E-state index in [0.717, 1.165) is 11.4 Å². The van der Waals surface area contributed by atoms with E-state index < -0.39 is 28.4 Å². The molecular formula is C23H22N4O5S. The van der Waals surface area contributed by atoms with Gasteiger partial charge in [-0.15, -0.1) is 0 Å². The molecule has 0 N–H and O–H groups in total. The fourth-order valence-corrected chi connectivity index (χ4v) is 5.60. The summed E-state index contributed by atoms with van der Waals surface area (Å²) in [6.07, 6.45) is 0.556. The van der Waals surface area contributed by atoms with Gasteiger partial charge in [-0.25, -0.2) is 13.2 Å². The van der Waals surface area contributed by atoms with E-state index in [4.69, 9.17) is 4.74 Å². The molecule has 33 heavy (non-hydrogen) atoms. The third kappa shape index (κ3) is 4.03. The Morgan fingerprint density at radius 2 is 1.64 bits per heavy atom. The Labute approximate surface area is 192 Å². The lowest BCUT2D eigenvalue weighted by Crippen LogP contribution is -2.28. The number of ether oxygens (including phenoxy) is 1. The van der Waals surface area contributed by atoms with Gasteiger partial charge in [0.15, 0.2) is 6.61 Å². The molecule has 1 saturated heterocycles. The number of carbonyl (C=O) groups excluding carboxylic acids is 2. The number of para-hydroxylation sites is 2. The van der Waals surface area contributed by atoms with Crippen molar-refractivity contribution in [3.05, 3.63) is 65.5 Å². The Bertz CT molecular complexity index is 1260. The van der Waals surface area contributed by atoms with Crippen LogP contribution in [0.4, 0.5) is 17.1 Å². The highest BCUT2D eigenvalue weighted by molar-refractivity contribution is 7.93. The van der Waals surface area contributed by atoms with E-state index in [1.54, 1.807) is 23.9 Å². The number of nitrogens with zero attached hydrogens (tertiary/aromatic N) is 4. The van der Waals surface area contributed by atoms with Gasteiger partial charge >= 0.3 is 5.97 Å². The van der Waals surface area contributed by atoms with Crippen LogP contribution in [0.25, 0.3) is 0 Å². The molecular weight excluding hydrogens is 444 g/mol. The lowest BCUT2D eigenvalue weighted by Gasteiger charge is -2.20. The first kappa shape index (κ1) is 22.4. The molecule has 1 fully saturated rings. The highest BCUT2D eigenvalue weighted by atomic mass is 32.2. The van der Waals surface area contributed by atoms with Crippen LogP contribution in [0.2, 0.25) is 0 Å². The number of hydrogen-bond donors (Lipinski definition) is 0. The highest BCUT2D eigenvalue weighted by Crippen LogP contribution is 2.40. The molecule has 4 rings (SSSR count). The Hall–Kier alpha value is -3.84. The summed E-state index contributed by atoms with van der Waals surface area (Å²) >= 11 is 0. The molecule has 2 aliphatic heterocycles. The molecule has 2 aromatic carbocycles. The van der Waals surface area contributed by atoms with Crippen LogP contribution in [-0.4, -0.2) is 53.2 Å². The van der Waals surface area contributed by atoms with E-state index in [0.29, 0.717) is 24.5 Å². The molecule has 2 heterocycles. The van der Waals surface area contributed by atoms with Crippen LogP contribution in [0.15, 0.2) is 59.9 Å². The van der Waals surface area contributed by atoms with Crippen molar-refractivity contribution in [2.75, 3.05) is 47.1 Å². The second-order valence-corrected chi connectivity index (χ2v) is 9.72. The molecule has 0 bridgehead atoms. The van der Waals surface area contributed by atoms with E-state index >= 15 is 0 Å². The van der Waals surface area contributed by atoms with Gasteiger partial charge in [0.1, 0.15) is 17.5 Å². The van der Waals surface area contributed by atoms with E-state index in [9.17, 15) is 23.3 Å². The number of ketones is 1. The average molecular weight is 467 g/mol. The number of anilines is 3. The SMILES string of the molecule is CN1C(=C(C#N)C(=O)COC(=O)c2ccc(N3CCCS3(=O)=O)cc2)N(C)c2ccccc21. The standard InChI is InChI=1S/C23H22N4O5S/c1-25-19-6-3-4-7-20(19)26(2)22(25)18(14-24)21(28)15-32-23(29)16-8-10-17(11-9-16)27-12-5-13-33(27,30)31/h3-4,6-11H,5,12-13,15H2,1-2H3. The Kier molecular flexibility index (Phi) is 5.82. The van der Waals surface area contributed by atoms with Crippen LogP contribution in [0.1, 0.15) is 16.8 Å². The first-order valence-electron chi connectivity index (χ1n) is 10.3. The number of Topliss-reactive ketones (excluding diaryl/α,β-unsaturated/α-hetero) is 1. The number of nitriles is 1. The first-order valence-corrected chi connectivity index (χ1v) is 11.9. The molecule has 0 unspecified atom stereocenters. The van der Waals surface area contributed by atoms with Crippen LogP contribution in [0.5, 0.6) is 0 Å². The lowest BCUT2D eigenvalue weighted by molar-refractivity contribution is -0.118. The molecule has 0 spiro atoms. The quantitative estimate of drug-likeness (QED) is 0.375. The van der Waals surface area contributed by atoms with Gasteiger partial charge in [-0.1, -0.05) is 12.1 Å². The summed E-state index contributed by atoms with van der Waals surface area (Å²) in [5.74, 6) is -0.841. The second-order valence-electron chi connectivity index (χ2n) is 7.71. The number of fused-ring (bicyclic) bond motifs is 1. The summed E-state index contributed by atoms with van der Waals surface area (Å²) < 4.78 is 30.5. The molecule has 0 radical (unpaired) electrons. The minimum absolute atomic E-state index is 0.102. The number of esters is 1. The van der Waals surface area contributed by atoms with Crippen LogP contribution >= 0.6 is 0 Å². The van der Waals surface area contributed by atoms with Gasteiger partial charge in [0.25, 0.3) is 0 Å². The number of rotatable bonds is 5. The molecule has 0 aliphatic carbocycles. The minimum atomic E-state index is -3.32. The summed E-state index contributed by atoms with van der Waals surface area (Å²) in [7, 11) is 0.205. The third-order valence-corrected chi connectivity index (χ3v) is 7.55. The van der Waals surface area contributed by atoms with Crippen LogP contribution in [0.3, 0.4) is 0 Å². The molecule has 0 aromatic heterocycles. The average Bonchev–Trinajstić information content (AvgIpc) is 3.29. The van der Waals surface area contributed by atoms with Gasteiger partial charge in [-0.05, 0) is 42.8 Å². The second kappa shape index (κ2) is 8.60. The van der Waals surface area contributed by atoms with Crippen molar-refractivity contribution in [3.8, 4) is 6.07 Å². The highest BCUT2D eigenvalue weighted by Gasteiger charge is 2.32. The third-order valence-electron chi connectivity index (χ3n) is 5.68. The zero-order chi connectivity index (χ0) is 23.8. The largest absolute Gasteiger partial charge is 0.454 e. The predicted molar refractivity (Wildman–Crippen MR) is 123 cm³/mol. The Morgan fingerprint density at radius 3 is 2.15 bits per heavy atom. The van der Waals surface area contributed by atoms with Crippen LogP contribution < -0.4 is 14.1 Å². The van der Waals surface area contributed by atoms with Crippen molar-refractivity contribution in [2.45, 2.75) is 6.42 Å². The number of benzene rings is 2. The molecule has 0 amide bonds.